The molecule has 1 amide bonds. The van der Waals surface area contributed by atoms with E-state index in [4.69, 9.17) is 9.47 Å². The number of hydrogen-bond acceptors (Lipinski definition) is 7. The van der Waals surface area contributed by atoms with Crippen molar-refractivity contribution in [1.29, 1.82) is 0 Å². The lowest BCUT2D eigenvalue weighted by atomic mass is 10.1. The van der Waals surface area contributed by atoms with Crippen LogP contribution in [0.3, 0.4) is 0 Å². The Balaban J connectivity index is 1.74. The minimum absolute atomic E-state index is 0.102. The van der Waals surface area contributed by atoms with Gasteiger partial charge in [0.2, 0.25) is 0 Å². The second kappa shape index (κ2) is 13.7. The van der Waals surface area contributed by atoms with Gasteiger partial charge in [-0.3, -0.25) is 9.69 Å². The molecule has 0 unspecified atom stereocenters. The molecule has 194 valence electrons. The number of unbranched alkanes of at least 4 members (excludes halogenated alkanes) is 5. The highest BCUT2D eigenvalue weighted by Gasteiger charge is 2.34. The van der Waals surface area contributed by atoms with Crippen LogP contribution in [0.5, 0.6) is 11.5 Å². The Labute approximate surface area is 222 Å². The zero-order valence-electron chi connectivity index (χ0n) is 20.6. The molecule has 0 spiro atoms. The van der Waals surface area contributed by atoms with E-state index in [1.54, 1.807) is 30.7 Å². The number of thiophene rings is 1. The highest BCUT2D eigenvalue weighted by molar-refractivity contribution is 8.19. The Morgan fingerprint density at radius 2 is 1.89 bits per heavy atom. The Kier molecular flexibility index (Phi) is 10.6. The van der Waals surface area contributed by atoms with Crippen molar-refractivity contribution in [2.24, 2.45) is 4.40 Å². The average Bonchev–Trinajstić information content (AvgIpc) is 3.50. The van der Waals surface area contributed by atoms with Crippen LogP contribution in [0.15, 0.2) is 61.9 Å². The fraction of sp³-hybridized carbons (Fsp3) is 0.385. The third-order valence-corrected chi connectivity index (χ3v) is 9.15. The zero-order valence-corrected chi connectivity index (χ0v) is 23.1. The van der Waals surface area contributed by atoms with Gasteiger partial charge in [0, 0.05) is 6.54 Å². The van der Waals surface area contributed by atoms with Crippen LogP contribution < -0.4 is 9.47 Å². The van der Waals surface area contributed by atoms with Crippen LogP contribution in [-0.4, -0.2) is 44.7 Å². The smallest absolute Gasteiger partial charge is 0.294 e. The first-order valence-corrected chi connectivity index (χ1v) is 15.0. The number of methoxy groups -OCH3 is 1. The fourth-order valence-corrected chi connectivity index (χ4v) is 6.69. The molecule has 1 saturated heterocycles. The predicted molar refractivity (Wildman–Crippen MR) is 148 cm³/mol. The SMILES string of the molecule is C=CCN1C(=O)/C(=C/c2ccc(OCCCCCCCC)c(OC)c2)S/C1=N/S(=O)(=O)c1cccs1. The molecule has 1 aromatic heterocycles. The number of hydrogen-bond donors (Lipinski definition) is 0. The van der Waals surface area contributed by atoms with Crippen LogP contribution in [-0.2, 0) is 14.8 Å². The molecule has 1 aromatic carbocycles. The molecular weight excluding hydrogens is 516 g/mol. The van der Waals surface area contributed by atoms with Gasteiger partial charge in [-0.15, -0.1) is 22.3 Å². The lowest BCUT2D eigenvalue weighted by Crippen LogP contribution is -2.29. The number of carbonyl (C=O) groups is 1. The van der Waals surface area contributed by atoms with E-state index in [0.717, 1.165) is 41.5 Å². The van der Waals surface area contributed by atoms with Gasteiger partial charge in [-0.2, -0.15) is 8.42 Å². The molecular formula is C26H32N2O5S3. The largest absolute Gasteiger partial charge is 0.493 e. The monoisotopic (exact) mass is 548 g/mol. The van der Waals surface area contributed by atoms with Gasteiger partial charge in [-0.25, -0.2) is 0 Å². The first kappa shape index (κ1) is 28.0. The second-order valence-corrected chi connectivity index (χ2v) is 11.9. The molecule has 7 nitrogen and oxygen atoms in total. The van der Waals surface area contributed by atoms with Crippen molar-refractivity contribution in [3.63, 3.8) is 0 Å². The number of amides is 1. The molecule has 0 saturated carbocycles. The quantitative estimate of drug-likeness (QED) is 0.156. The van der Waals surface area contributed by atoms with Crippen LogP contribution in [0, 0.1) is 0 Å². The number of rotatable bonds is 14. The number of carbonyl (C=O) groups excluding carboxylic acids is 1. The maximum absolute atomic E-state index is 13.0. The van der Waals surface area contributed by atoms with Gasteiger partial charge in [0.05, 0.1) is 18.6 Å². The maximum atomic E-state index is 13.0. The third-order valence-electron chi connectivity index (χ3n) is 5.39. The molecule has 1 fully saturated rings. The number of sulfonamides is 1. The van der Waals surface area contributed by atoms with E-state index < -0.39 is 10.0 Å². The summed E-state index contributed by atoms with van der Waals surface area (Å²) in [7, 11) is -2.34. The Morgan fingerprint density at radius 1 is 1.11 bits per heavy atom. The van der Waals surface area contributed by atoms with E-state index in [0.29, 0.717) is 23.0 Å². The predicted octanol–water partition coefficient (Wildman–Crippen LogP) is 6.34. The van der Waals surface area contributed by atoms with Gasteiger partial charge >= 0.3 is 0 Å². The number of amidine groups is 1. The van der Waals surface area contributed by atoms with Gasteiger partial charge in [0.1, 0.15) is 4.21 Å². The summed E-state index contributed by atoms with van der Waals surface area (Å²) in [6.45, 7) is 6.65. The first-order valence-electron chi connectivity index (χ1n) is 11.9. The summed E-state index contributed by atoms with van der Waals surface area (Å²) < 4.78 is 40.8. The number of benzene rings is 1. The van der Waals surface area contributed by atoms with E-state index in [9.17, 15) is 13.2 Å². The van der Waals surface area contributed by atoms with Gasteiger partial charge in [0.15, 0.2) is 16.7 Å². The summed E-state index contributed by atoms with van der Waals surface area (Å²) in [6, 6.07) is 8.60. The van der Waals surface area contributed by atoms with Crippen LogP contribution >= 0.6 is 23.1 Å². The van der Waals surface area contributed by atoms with Crippen LogP contribution in [0.2, 0.25) is 0 Å². The fourth-order valence-electron chi connectivity index (χ4n) is 3.53. The Morgan fingerprint density at radius 3 is 2.58 bits per heavy atom. The molecule has 1 aliphatic heterocycles. The molecule has 0 radical (unpaired) electrons. The van der Waals surface area contributed by atoms with Crippen molar-refractivity contribution in [2.45, 2.75) is 49.7 Å². The number of thioether (sulfide) groups is 1. The lowest BCUT2D eigenvalue weighted by molar-refractivity contribution is -0.121. The highest BCUT2D eigenvalue weighted by Crippen LogP contribution is 2.36. The van der Waals surface area contributed by atoms with Gasteiger partial charge in [0.25, 0.3) is 15.9 Å². The summed E-state index contributed by atoms with van der Waals surface area (Å²) in [6.07, 6.45) is 10.3. The molecule has 3 rings (SSSR count). The Hall–Kier alpha value is -2.56. The van der Waals surface area contributed by atoms with Crippen molar-refractivity contribution in [3.05, 3.63) is 58.8 Å². The van der Waals surface area contributed by atoms with Crippen molar-refractivity contribution in [3.8, 4) is 11.5 Å². The van der Waals surface area contributed by atoms with Crippen LogP contribution in [0.25, 0.3) is 6.08 Å². The van der Waals surface area contributed by atoms with Crippen LogP contribution in [0.4, 0.5) is 0 Å². The maximum Gasteiger partial charge on any atom is 0.294 e. The molecule has 0 N–H and O–H groups in total. The van der Waals surface area contributed by atoms with E-state index >= 15 is 0 Å². The van der Waals surface area contributed by atoms with Gasteiger partial charge in [-0.05, 0) is 53.4 Å². The normalized spacial score (nSPS) is 16.2. The number of nitrogens with zero attached hydrogens (tertiary/aromatic N) is 2. The van der Waals surface area contributed by atoms with Crippen LogP contribution in [0.1, 0.15) is 51.0 Å². The summed E-state index contributed by atoms with van der Waals surface area (Å²) in [5.41, 5.74) is 0.732. The van der Waals surface area contributed by atoms with Gasteiger partial charge < -0.3 is 9.47 Å². The summed E-state index contributed by atoms with van der Waals surface area (Å²) in [4.78, 5) is 14.7. The summed E-state index contributed by atoms with van der Waals surface area (Å²) >= 11 is 2.10. The highest BCUT2D eigenvalue weighted by atomic mass is 32.2. The number of ether oxygens (including phenoxy) is 2. The van der Waals surface area contributed by atoms with Crippen molar-refractivity contribution >= 4 is 50.3 Å². The molecule has 10 heteroatoms. The van der Waals surface area contributed by atoms with E-state index in [1.165, 1.54) is 42.7 Å². The molecule has 1 aliphatic rings. The summed E-state index contributed by atoms with van der Waals surface area (Å²) in [5.74, 6) is 0.890. The molecule has 0 atom stereocenters. The zero-order chi connectivity index (χ0) is 26.0. The molecule has 2 heterocycles. The minimum atomic E-state index is -3.91. The minimum Gasteiger partial charge on any atom is -0.493 e. The molecule has 36 heavy (non-hydrogen) atoms. The molecule has 2 aromatic rings. The molecule has 0 aliphatic carbocycles. The third kappa shape index (κ3) is 7.47. The Bertz CT molecular complexity index is 1200. The van der Waals surface area contributed by atoms with E-state index in [-0.39, 0.29) is 21.8 Å². The standard InChI is InChI=1S/C26H32N2O5S3/c1-4-6-7-8-9-10-16-33-21-14-13-20(18-22(21)32-3)19-23-25(29)28(15-5-2)26(35-23)27-36(30,31)24-12-11-17-34-24/h5,11-14,17-19H,2,4,6-10,15-16H2,1,3H3/b23-19-,27-26+. The second-order valence-electron chi connectivity index (χ2n) is 8.12. The summed E-state index contributed by atoms with van der Waals surface area (Å²) in [5, 5.41) is 1.77. The van der Waals surface area contributed by atoms with E-state index in [1.807, 2.05) is 12.1 Å². The first-order chi connectivity index (χ1) is 17.4. The topological polar surface area (TPSA) is 85.3 Å². The van der Waals surface area contributed by atoms with Crippen molar-refractivity contribution in [1.82, 2.24) is 4.90 Å². The molecule has 0 bridgehead atoms. The van der Waals surface area contributed by atoms with Crippen molar-refractivity contribution in [2.75, 3.05) is 20.3 Å². The van der Waals surface area contributed by atoms with Crippen molar-refractivity contribution < 1.29 is 22.7 Å². The average molecular weight is 549 g/mol. The van der Waals surface area contributed by atoms with E-state index in [2.05, 4.69) is 17.9 Å². The lowest BCUT2D eigenvalue weighted by Gasteiger charge is -2.12. The van der Waals surface area contributed by atoms with Gasteiger partial charge in [-0.1, -0.05) is 57.2 Å².